The van der Waals surface area contributed by atoms with Gasteiger partial charge in [0.25, 0.3) is 0 Å². The first-order valence-electron chi connectivity index (χ1n) is 7.41. The van der Waals surface area contributed by atoms with Crippen LogP contribution < -0.4 is 5.32 Å². The van der Waals surface area contributed by atoms with Gasteiger partial charge in [-0.05, 0) is 42.5 Å². The maximum absolute atomic E-state index is 12.6. The second-order valence-electron chi connectivity index (χ2n) is 5.30. The van der Waals surface area contributed by atoms with Crippen molar-refractivity contribution in [2.45, 2.75) is 12.7 Å². The van der Waals surface area contributed by atoms with E-state index < -0.39 is 11.7 Å². The Morgan fingerprint density at radius 2 is 1.76 bits per heavy atom. The summed E-state index contributed by atoms with van der Waals surface area (Å²) in [5.74, 6) is 0.525. The van der Waals surface area contributed by atoms with Crippen LogP contribution in [0.3, 0.4) is 0 Å². The zero-order valence-corrected chi connectivity index (χ0v) is 13.6. The second-order valence-corrected chi connectivity index (χ2v) is 5.73. The fourth-order valence-corrected chi connectivity index (χ4v) is 2.44. The molecule has 3 rings (SSSR count). The van der Waals surface area contributed by atoms with Crippen LogP contribution in [0.2, 0.25) is 5.02 Å². The number of aromatic nitrogens is 2. The summed E-state index contributed by atoms with van der Waals surface area (Å²) in [7, 11) is 0. The van der Waals surface area contributed by atoms with E-state index >= 15 is 0 Å². The van der Waals surface area contributed by atoms with Gasteiger partial charge >= 0.3 is 6.18 Å². The molecule has 0 saturated heterocycles. The standard InChI is InChI=1S/C18H13ClF3N3/c19-14-3-1-2-12(10-14)16-8-9-23-17(25-16)11-24-15-6-4-13(5-7-15)18(20,21)22/h1-10,24H,11H2. The predicted molar refractivity (Wildman–Crippen MR) is 91.2 cm³/mol. The van der Waals surface area contributed by atoms with E-state index in [9.17, 15) is 13.2 Å². The van der Waals surface area contributed by atoms with Crippen LogP contribution in [-0.4, -0.2) is 9.97 Å². The smallest absolute Gasteiger partial charge is 0.378 e. The highest BCUT2D eigenvalue weighted by Gasteiger charge is 2.29. The van der Waals surface area contributed by atoms with Gasteiger partial charge in [0, 0.05) is 22.5 Å². The highest BCUT2D eigenvalue weighted by molar-refractivity contribution is 6.30. The van der Waals surface area contributed by atoms with Crippen LogP contribution in [-0.2, 0) is 12.7 Å². The molecular formula is C18H13ClF3N3. The van der Waals surface area contributed by atoms with Gasteiger partial charge in [0.1, 0.15) is 5.82 Å². The van der Waals surface area contributed by atoms with Crippen molar-refractivity contribution in [2.24, 2.45) is 0 Å². The molecule has 0 spiro atoms. The molecule has 0 fully saturated rings. The minimum absolute atomic E-state index is 0.291. The Balaban J connectivity index is 1.71. The highest BCUT2D eigenvalue weighted by Crippen LogP contribution is 2.29. The second kappa shape index (κ2) is 7.11. The summed E-state index contributed by atoms with van der Waals surface area (Å²) in [5, 5.41) is 3.62. The van der Waals surface area contributed by atoms with E-state index in [2.05, 4.69) is 15.3 Å². The van der Waals surface area contributed by atoms with Crippen molar-refractivity contribution in [3.8, 4) is 11.3 Å². The average Bonchev–Trinajstić information content (AvgIpc) is 2.60. The molecule has 1 heterocycles. The normalized spacial score (nSPS) is 11.4. The van der Waals surface area contributed by atoms with Crippen molar-refractivity contribution in [3.63, 3.8) is 0 Å². The summed E-state index contributed by atoms with van der Waals surface area (Å²) in [6.45, 7) is 0.291. The van der Waals surface area contributed by atoms with Crippen LogP contribution in [0, 0.1) is 0 Å². The highest BCUT2D eigenvalue weighted by atomic mass is 35.5. The first kappa shape index (κ1) is 17.2. The molecule has 0 saturated carbocycles. The molecular weight excluding hydrogens is 351 g/mol. The van der Waals surface area contributed by atoms with E-state index in [0.29, 0.717) is 23.1 Å². The average molecular weight is 364 g/mol. The maximum Gasteiger partial charge on any atom is 0.416 e. The van der Waals surface area contributed by atoms with Crippen LogP contribution >= 0.6 is 11.6 Å². The third-order valence-electron chi connectivity index (χ3n) is 3.49. The third-order valence-corrected chi connectivity index (χ3v) is 3.72. The molecule has 2 aromatic carbocycles. The molecule has 0 bridgehead atoms. The molecule has 0 aliphatic carbocycles. The first-order valence-corrected chi connectivity index (χ1v) is 7.78. The Kier molecular flexibility index (Phi) is 4.90. The molecule has 0 atom stereocenters. The lowest BCUT2D eigenvalue weighted by Crippen LogP contribution is -2.07. The van der Waals surface area contributed by atoms with E-state index in [-0.39, 0.29) is 0 Å². The third kappa shape index (κ3) is 4.48. The van der Waals surface area contributed by atoms with Crippen molar-refractivity contribution in [1.82, 2.24) is 9.97 Å². The van der Waals surface area contributed by atoms with E-state index in [4.69, 9.17) is 11.6 Å². The van der Waals surface area contributed by atoms with Gasteiger partial charge in [-0.3, -0.25) is 0 Å². The van der Waals surface area contributed by atoms with Crippen LogP contribution in [0.1, 0.15) is 11.4 Å². The zero-order chi connectivity index (χ0) is 17.9. The van der Waals surface area contributed by atoms with Crippen LogP contribution in [0.15, 0.2) is 60.8 Å². The van der Waals surface area contributed by atoms with Gasteiger partial charge in [-0.1, -0.05) is 23.7 Å². The summed E-state index contributed by atoms with van der Waals surface area (Å²) in [4.78, 5) is 8.62. The SMILES string of the molecule is FC(F)(F)c1ccc(NCc2nccc(-c3cccc(Cl)c3)n2)cc1. The molecule has 0 aliphatic heterocycles. The fourth-order valence-electron chi connectivity index (χ4n) is 2.25. The molecule has 0 amide bonds. The molecule has 25 heavy (non-hydrogen) atoms. The fraction of sp³-hybridized carbons (Fsp3) is 0.111. The number of nitrogens with one attached hydrogen (secondary N) is 1. The summed E-state index contributed by atoms with van der Waals surface area (Å²) in [5.41, 5.74) is 1.47. The number of hydrogen-bond donors (Lipinski definition) is 1. The Labute approximate surface area is 147 Å². The topological polar surface area (TPSA) is 37.8 Å². The maximum atomic E-state index is 12.6. The molecule has 0 aliphatic rings. The lowest BCUT2D eigenvalue weighted by atomic mass is 10.1. The lowest BCUT2D eigenvalue weighted by molar-refractivity contribution is -0.137. The number of hydrogen-bond acceptors (Lipinski definition) is 3. The number of anilines is 1. The van der Waals surface area contributed by atoms with E-state index in [1.54, 1.807) is 24.4 Å². The summed E-state index contributed by atoms with van der Waals surface area (Å²) in [6.07, 6.45) is -2.71. The quantitative estimate of drug-likeness (QED) is 0.671. The van der Waals surface area contributed by atoms with Gasteiger partial charge < -0.3 is 5.32 Å². The molecule has 1 N–H and O–H groups in total. The molecule has 0 unspecified atom stereocenters. The lowest BCUT2D eigenvalue weighted by Gasteiger charge is -2.09. The number of alkyl halides is 3. The molecule has 7 heteroatoms. The van der Waals surface area contributed by atoms with Crippen molar-refractivity contribution < 1.29 is 13.2 Å². The predicted octanol–water partition coefficient (Wildman–Crippen LogP) is 5.43. The number of nitrogens with zero attached hydrogens (tertiary/aromatic N) is 2. The minimum Gasteiger partial charge on any atom is -0.378 e. The van der Waals surface area contributed by atoms with Gasteiger partial charge in [-0.2, -0.15) is 13.2 Å². The van der Waals surface area contributed by atoms with E-state index in [1.165, 1.54) is 12.1 Å². The molecule has 3 nitrogen and oxygen atoms in total. The van der Waals surface area contributed by atoms with Gasteiger partial charge in [-0.15, -0.1) is 0 Å². The van der Waals surface area contributed by atoms with Crippen LogP contribution in [0.4, 0.5) is 18.9 Å². The summed E-state index contributed by atoms with van der Waals surface area (Å²) in [6, 6.07) is 13.9. The van der Waals surface area contributed by atoms with Gasteiger partial charge in [-0.25, -0.2) is 9.97 Å². The van der Waals surface area contributed by atoms with Crippen LogP contribution in [0.5, 0.6) is 0 Å². The van der Waals surface area contributed by atoms with Crippen molar-refractivity contribution in [2.75, 3.05) is 5.32 Å². The number of benzene rings is 2. The van der Waals surface area contributed by atoms with Gasteiger partial charge in [0.15, 0.2) is 0 Å². The van der Waals surface area contributed by atoms with Crippen molar-refractivity contribution in [1.29, 1.82) is 0 Å². The van der Waals surface area contributed by atoms with Gasteiger partial charge in [0.05, 0.1) is 17.8 Å². The summed E-state index contributed by atoms with van der Waals surface area (Å²) >= 11 is 5.98. The Morgan fingerprint density at radius 3 is 2.44 bits per heavy atom. The molecule has 0 radical (unpaired) electrons. The number of halogens is 4. The molecule has 128 valence electrons. The zero-order valence-electron chi connectivity index (χ0n) is 12.9. The number of rotatable bonds is 4. The Morgan fingerprint density at radius 1 is 1.00 bits per heavy atom. The minimum atomic E-state index is -4.34. The first-order chi connectivity index (χ1) is 11.9. The van der Waals surface area contributed by atoms with Crippen LogP contribution in [0.25, 0.3) is 11.3 Å². The van der Waals surface area contributed by atoms with E-state index in [1.807, 2.05) is 12.1 Å². The monoisotopic (exact) mass is 363 g/mol. The summed E-state index contributed by atoms with van der Waals surface area (Å²) < 4.78 is 37.7. The molecule has 3 aromatic rings. The Bertz CT molecular complexity index is 864. The van der Waals surface area contributed by atoms with Crippen molar-refractivity contribution >= 4 is 17.3 Å². The van der Waals surface area contributed by atoms with Gasteiger partial charge in [0.2, 0.25) is 0 Å². The van der Waals surface area contributed by atoms with E-state index in [0.717, 1.165) is 23.4 Å². The van der Waals surface area contributed by atoms with Crippen molar-refractivity contribution in [3.05, 3.63) is 77.2 Å². The Hall–Kier alpha value is -2.60. The largest absolute Gasteiger partial charge is 0.416 e. The molecule has 1 aromatic heterocycles.